The molecule has 0 heterocycles. The highest BCUT2D eigenvalue weighted by molar-refractivity contribution is 5.48. The summed E-state index contributed by atoms with van der Waals surface area (Å²) in [5.41, 5.74) is 5.25. The number of alkyl halides is 3. The molecule has 0 amide bonds. The molecule has 0 unspecified atom stereocenters. The molecule has 78 valence electrons. The van der Waals surface area contributed by atoms with Crippen molar-refractivity contribution in [3.63, 3.8) is 0 Å². The molecule has 1 rings (SSSR count). The molecule has 0 spiro atoms. The Morgan fingerprint density at radius 3 is 2.36 bits per heavy atom. The molecule has 0 bridgehead atoms. The summed E-state index contributed by atoms with van der Waals surface area (Å²) in [6.45, 7) is 1.30. The van der Waals surface area contributed by atoms with Crippen LogP contribution in [0.5, 0.6) is 5.75 Å². The summed E-state index contributed by atoms with van der Waals surface area (Å²) < 4.78 is 51.7. The van der Waals surface area contributed by atoms with Gasteiger partial charge in [0.25, 0.3) is 0 Å². The van der Waals surface area contributed by atoms with Gasteiger partial charge in [0.2, 0.25) is 0 Å². The molecule has 0 saturated heterocycles. The van der Waals surface area contributed by atoms with Crippen LogP contribution >= 0.6 is 0 Å². The van der Waals surface area contributed by atoms with Crippen molar-refractivity contribution in [1.82, 2.24) is 0 Å². The van der Waals surface area contributed by atoms with E-state index in [0.29, 0.717) is 0 Å². The first-order valence-corrected chi connectivity index (χ1v) is 3.61. The Hall–Kier alpha value is -1.46. The van der Waals surface area contributed by atoms with Gasteiger partial charge < -0.3 is 10.5 Å². The number of nitrogens with two attached hydrogens (primary N) is 1. The van der Waals surface area contributed by atoms with Crippen molar-refractivity contribution < 1.29 is 22.3 Å². The van der Waals surface area contributed by atoms with Crippen LogP contribution in [0, 0.1) is 12.7 Å². The summed E-state index contributed by atoms with van der Waals surface area (Å²) in [5, 5.41) is 0. The first-order chi connectivity index (χ1) is 6.29. The summed E-state index contributed by atoms with van der Waals surface area (Å²) in [4.78, 5) is 0. The van der Waals surface area contributed by atoms with Crippen LogP contribution in [0.3, 0.4) is 0 Å². The molecule has 1 aromatic carbocycles. The monoisotopic (exact) mass is 209 g/mol. The molecule has 0 aliphatic heterocycles. The Balaban J connectivity index is 3.09. The average Bonchev–Trinajstić information content (AvgIpc) is 1.96. The fourth-order valence-electron chi connectivity index (χ4n) is 0.963. The first kappa shape index (κ1) is 10.6. The molecule has 1 aromatic rings. The van der Waals surface area contributed by atoms with Gasteiger partial charge in [-0.15, -0.1) is 13.2 Å². The van der Waals surface area contributed by atoms with Crippen LogP contribution in [0.15, 0.2) is 12.1 Å². The second-order valence-corrected chi connectivity index (χ2v) is 2.70. The van der Waals surface area contributed by atoms with Gasteiger partial charge in [-0.1, -0.05) is 0 Å². The third-order valence-electron chi connectivity index (χ3n) is 1.47. The molecule has 0 atom stereocenters. The number of halogens is 4. The normalized spacial score (nSPS) is 11.5. The Labute approximate surface area is 77.3 Å². The maximum Gasteiger partial charge on any atom is 0.573 e. The molecular formula is C8H7F4NO. The van der Waals surface area contributed by atoms with Gasteiger partial charge in [0.1, 0.15) is 0 Å². The largest absolute Gasteiger partial charge is 0.573 e. The lowest BCUT2D eigenvalue weighted by atomic mass is 10.2. The molecule has 6 heteroatoms. The van der Waals surface area contributed by atoms with Crippen molar-refractivity contribution in [2.75, 3.05) is 5.73 Å². The van der Waals surface area contributed by atoms with E-state index in [9.17, 15) is 17.6 Å². The van der Waals surface area contributed by atoms with E-state index in [2.05, 4.69) is 4.74 Å². The predicted octanol–water partition coefficient (Wildman–Crippen LogP) is 2.61. The molecule has 14 heavy (non-hydrogen) atoms. The highest BCUT2D eigenvalue weighted by Gasteiger charge is 2.32. The smallest absolute Gasteiger partial charge is 0.403 e. The first-order valence-electron chi connectivity index (χ1n) is 3.61. The number of anilines is 1. The van der Waals surface area contributed by atoms with Gasteiger partial charge in [-0.3, -0.25) is 0 Å². The Morgan fingerprint density at radius 1 is 1.29 bits per heavy atom. The standard InChI is InChI=1S/C8H7F4NO/c1-4-2-5(13)3-6(7(4)9)14-8(10,11)12/h2-3H,13H2,1H3. The number of hydrogen-bond donors (Lipinski definition) is 1. The molecule has 0 fully saturated rings. The number of ether oxygens (including phenoxy) is 1. The highest BCUT2D eigenvalue weighted by Crippen LogP contribution is 2.29. The lowest BCUT2D eigenvalue weighted by Gasteiger charge is -2.11. The number of rotatable bonds is 1. The summed E-state index contributed by atoms with van der Waals surface area (Å²) >= 11 is 0. The van der Waals surface area contributed by atoms with E-state index >= 15 is 0 Å². The fourth-order valence-corrected chi connectivity index (χ4v) is 0.963. The Morgan fingerprint density at radius 2 is 1.86 bits per heavy atom. The predicted molar refractivity (Wildman–Crippen MR) is 42.2 cm³/mol. The summed E-state index contributed by atoms with van der Waals surface area (Å²) in [6.07, 6.45) is -4.92. The Kier molecular flexibility index (Phi) is 2.55. The van der Waals surface area contributed by atoms with Gasteiger partial charge in [-0.05, 0) is 18.6 Å². The van der Waals surface area contributed by atoms with Crippen molar-refractivity contribution in [1.29, 1.82) is 0 Å². The number of nitrogen functional groups attached to an aromatic ring is 1. The van der Waals surface area contributed by atoms with Gasteiger partial charge in [-0.25, -0.2) is 4.39 Å². The third kappa shape index (κ3) is 2.51. The summed E-state index contributed by atoms with van der Waals surface area (Å²) in [5.74, 6) is -1.97. The quantitative estimate of drug-likeness (QED) is 0.570. The summed E-state index contributed by atoms with van der Waals surface area (Å²) in [6, 6.07) is 2.01. The minimum Gasteiger partial charge on any atom is -0.403 e. The maximum atomic E-state index is 13.0. The zero-order valence-corrected chi connectivity index (χ0v) is 7.15. The van der Waals surface area contributed by atoms with Crippen LogP contribution in [0.1, 0.15) is 5.56 Å². The molecule has 2 nitrogen and oxygen atoms in total. The van der Waals surface area contributed by atoms with E-state index in [4.69, 9.17) is 5.73 Å². The van der Waals surface area contributed by atoms with Gasteiger partial charge in [-0.2, -0.15) is 0 Å². The number of benzene rings is 1. The van der Waals surface area contributed by atoms with Gasteiger partial charge in [0.15, 0.2) is 11.6 Å². The van der Waals surface area contributed by atoms with Gasteiger partial charge in [0, 0.05) is 11.8 Å². The van der Waals surface area contributed by atoms with Crippen molar-refractivity contribution in [3.05, 3.63) is 23.5 Å². The van der Waals surface area contributed by atoms with Crippen LogP contribution < -0.4 is 10.5 Å². The van der Waals surface area contributed by atoms with E-state index in [1.807, 2.05) is 0 Å². The van der Waals surface area contributed by atoms with E-state index in [1.165, 1.54) is 13.0 Å². The van der Waals surface area contributed by atoms with Crippen molar-refractivity contribution in [2.24, 2.45) is 0 Å². The van der Waals surface area contributed by atoms with Gasteiger partial charge in [0.05, 0.1) is 0 Å². The lowest BCUT2D eigenvalue weighted by Crippen LogP contribution is -2.18. The second-order valence-electron chi connectivity index (χ2n) is 2.70. The Bertz CT molecular complexity index is 348. The van der Waals surface area contributed by atoms with Crippen molar-refractivity contribution in [3.8, 4) is 5.75 Å². The topological polar surface area (TPSA) is 35.2 Å². The zero-order valence-electron chi connectivity index (χ0n) is 7.15. The number of aryl methyl sites for hydroxylation is 1. The minimum atomic E-state index is -4.92. The van der Waals surface area contributed by atoms with E-state index < -0.39 is 17.9 Å². The van der Waals surface area contributed by atoms with Crippen LogP contribution in [0.4, 0.5) is 23.2 Å². The molecule has 0 aliphatic rings. The molecule has 0 radical (unpaired) electrons. The maximum absolute atomic E-state index is 13.0. The van der Waals surface area contributed by atoms with Crippen molar-refractivity contribution in [2.45, 2.75) is 13.3 Å². The number of hydrogen-bond acceptors (Lipinski definition) is 2. The van der Waals surface area contributed by atoms with E-state index in [1.54, 1.807) is 0 Å². The van der Waals surface area contributed by atoms with Crippen LogP contribution in [-0.2, 0) is 0 Å². The zero-order chi connectivity index (χ0) is 10.9. The molecule has 0 aromatic heterocycles. The molecule has 2 N–H and O–H groups in total. The molecule has 0 saturated carbocycles. The minimum absolute atomic E-state index is 0.00394. The van der Waals surface area contributed by atoms with E-state index in [-0.39, 0.29) is 11.3 Å². The van der Waals surface area contributed by atoms with Crippen LogP contribution in [-0.4, -0.2) is 6.36 Å². The highest BCUT2D eigenvalue weighted by atomic mass is 19.4. The van der Waals surface area contributed by atoms with Crippen LogP contribution in [0.2, 0.25) is 0 Å². The average molecular weight is 209 g/mol. The lowest BCUT2D eigenvalue weighted by molar-refractivity contribution is -0.275. The molecular weight excluding hydrogens is 202 g/mol. The van der Waals surface area contributed by atoms with Crippen molar-refractivity contribution >= 4 is 5.69 Å². The SMILES string of the molecule is Cc1cc(N)cc(OC(F)(F)F)c1F. The third-order valence-corrected chi connectivity index (χ3v) is 1.47. The van der Waals surface area contributed by atoms with E-state index in [0.717, 1.165) is 6.07 Å². The van der Waals surface area contributed by atoms with Gasteiger partial charge >= 0.3 is 6.36 Å². The summed E-state index contributed by atoms with van der Waals surface area (Å²) in [7, 11) is 0. The molecule has 0 aliphatic carbocycles. The second kappa shape index (κ2) is 3.36. The van der Waals surface area contributed by atoms with Crippen LogP contribution in [0.25, 0.3) is 0 Å². The fraction of sp³-hybridized carbons (Fsp3) is 0.250.